The third kappa shape index (κ3) is 2.82. The summed E-state index contributed by atoms with van der Waals surface area (Å²) in [6, 6.07) is 4.90. The molecule has 5 nitrogen and oxygen atoms in total. The highest BCUT2D eigenvalue weighted by molar-refractivity contribution is 7.22. The minimum atomic E-state index is -1.06. The zero-order valence-corrected chi connectivity index (χ0v) is 11.5. The predicted octanol–water partition coefficient (Wildman–Crippen LogP) is 3.14. The number of aromatic carboxylic acids is 1. The molecule has 0 aliphatic rings. The van der Waals surface area contributed by atoms with E-state index in [1.54, 1.807) is 18.3 Å². The lowest BCUT2D eigenvalue weighted by Gasteiger charge is -2.02. The van der Waals surface area contributed by atoms with Crippen molar-refractivity contribution < 1.29 is 14.3 Å². The lowest BCUT2D eigenvalue weighted by atomic mass is 10.2. The molecule has 0 spiro atoms. The topological polar surface area (TPSA) is 75.1 Å². The Labute approximate surface area is 123 Å². The Balaban J connectivity index is 1.85. The lowest BCUT2D eigenvalue weighted by Crippen LogP contribution is -2.00. The lowest BCUT2D eigenvalue weighted by molar-refractivity contribution is 0.0693. The number of rotatable bonds is 4. The second-order valence-corrected chi connectivity index (χ2v) is 5.44. The maximum Gasteiger partial charge on any atom is 0.355 e. The normalized spacial score (nSPS) is 10.7. The van der Waals surface area contributed by atoms with Crippen LogP contribution in [0.5, 0.6) is 0 Å². The number of carboxylic acid groups (broad SMARTS) is 1. The number of aromatic nitrogens is 2. The van der Waals surface area contributed by atoms with Gasteiger partial charge in [-0.2, -0.15) is 0 Å². The fourth-order valence-electron chi connectivity index (χ4n) is 1.96. The van der Waals surface area contributed by atoms with Crippen molar-refractivity contribution in [2.75, 3.05) is 5.32 Å². The summed E-state index contributed by atoms with van der Waals surface area (Å²) in [7, 11) is 0. The highest BCUT2D eigenvalue weighted by Gasteiger charge is 2.12. The summed E-state index contributed by atoms with van der Waals surface area (Å²) in [5.74, 6) is -1.44. The van der Waals surface area contributed by atoms with Crippen LogP contribution < -0.4 is 5.32 Å². The summed E-state index contributed by atoms with van der Waals surface area (Å²) in [6.45, 7) is 0.410. The number of carbonyl (C=O) groups is 1. The van der Waals surface area contributed by atoms with Gasteiger partial charge in [0.2, 0.25) is 0 Å². The molecule has 0 saturated carbocycles. The fourth-order valence-corrected chi connectivity index (χ4v) is 2.91. The van der Waals surface area contributed by atoms with E-state index in [1.165, 1.54) is 23.6 Å². The van der Waals surface area contributed by atoms with Crippen LogP contribution in [0.3, 0.4) is 0 Å². The molecule has 0 fully saturated rings. The van der Waals surface area contributed by atoms with Gasteiger partial charge < -0.3 is 10.4 Å². The summed E-state index contributed by atoms with van der Waals surface area (Å²) in [6.07, 6.45) is 4.20. The van der Waals surface area contributed by atoms with Crippen LogP contribution in [0.25, 0.3) is 10.1 Å². The average Bonchev–Trinajstić information content (AvgIpc) is 2.87. The molecule has 0 aliphatic carbocycles. The van der Waals surface area contributed by atoms with Crippen molar-refractivity contribution in [2.24, 2.45) is 0 Å². The summed E-state index contributed by atoms with van der Waals surface area (Å²) in [5.41, 5.74) is 0.744. The van der Waals surface area contributed by atoms with Gasteiger partial charge in [-0.25, -0.2) is 14.2 Å². The van der Waals surface area contributed by atoms with Gasteiger partial charge in [0.05, 0.1) is 11.2 Å². The molecule has 0 saturated heterocycles. The zero-order chi connectivity index (χ0) is 14.8. The van der Waals surface area contributed by atoms with Crippen molar-refractivity contribution >= 4 is 32.4 Å². The first kappa shape index (κ1) is 13.4. The Morgan fingerprint density at radius 2 is 2.24 bits per heavy atom. The molecule has 0 aliphatic heterocycles. The molecule has 0 aromatic carbocycles. The van der Waals surface area contributed by atoms with Gasteiger partial charge in [0.25, 0.3) is 0 Å². The first-order chi connectivity index (χ1) is 10.1. The molecule has 0 atom stereocenters. The standard InChI is InChI=1S/C14H10FN3O2S/c15-9-3-8(5-16-7-9)6-18-12-4-10-11(21-12)1-2-17-13(10)14(19)20/h1-5,7,18H,6H2,(H,19,20). The molecular formula is C14H10FN3O2S. The van der Waals surface area contributed by atoms with E-state index in [0.29, 0.717) is 17.5 Å². The van der Waals surface area contributed by atoms with Gasteiger partial charge in [0.15, 0.2) is 5.69 Å². The van der Waals surface area contributed by atoms with Crippen LogP contribution in [-0.2, 0) is 6.54 Å². The number of nitrogens with zero attached hydrogens (tertiary/aromatic N) is 2. The number of hydrogen-bond donors (Lipinski definition) is 2. The molecule has 0 bridgehead atoms. The first-order valence-corrected chi connectivity index (χ1v) is 6.90. The van der Waals surface area contributed by atoms with E-state index in [2.05, 4.69) is 15.3 Å². The van der Waals surface area contributed by atoms with Gasteiger partial charge in [-0.05, 0) is 23.8 Å². The Hall–Kier alpha value is -2.54. The Bertz CT molecular complexity index is 819. The minimum Gasteiger partial charge on any atom is -0.476 e. The summed E-state index contributed by atoms with van der Waals surface area (Å²) >= 11 is 1.42. The van der Waals surface area contributed by atoms with E-state index in [4.69, 9.17) is 5.11 Å². The monoisotopic (exact) mass is 303 g/mol. The van der Waals surface area contributed by atoms with Crippen molar-refractivity contribution in [3.63, 3.8) is 0 Å². The smallest absolute Gasteiger partial charge is 0.355 e. The number of hydrogen-bond acceptors (Lipinski definition) is 5. The first-order valence-electron chi connectivity index (χ1n) is 6.08. The summed E-state index contributed by atoms with van der Waals surface area (Å²) in [5, 5.41) is 13.6. The number of carboxylic acids is 1. The maximum absolute atomic E-state index is 13.0. The molecule has 3 rings (SSSR count). The molecule has 7 heteroatoms. The van der Waals surface area contributed by atoms with Crippen LogP contribution >= 0.6 is 11.3 Å². The Kier molecular flexibility index (Phi) is 3.49. The SMILES string of the molecule is O=C(O)c1nccc2sc(NCc3cncc(F)c3)cc12. The minimum absolute atomic E-state index is 0.0317. The van der Waals surface area contributed by atoms with Gasteiger partial charge >= 0.3 is 5.97 Å². The van der Waals surface area contributed by atoms with Crippen LogP contribution in [-0.4, -0.2) is 21.0 Å². The van der Waals surface area contributed by atoms with Gasteiger partial charge in [-0.15, -0.1) is 11.3 Å². The van der Waals surface area contributed by atoms with Crippen molar-refractivity contribution in [3.05, 3.63) is 53.9 Å². The Morgan fingerprint density at radius 3 is 3.00 bits per heavy atom. The number of thiophene rings is 1. The van der Waals surface area contributed by atoms with Crippen LogP contribution in [0.2, 0.25) is 0 Å². The predicted molar refractivity (Wildman–Crippen MR) is 78.1 cm³/mol. The Morgan fingerprint density at radius 1 is 1.38 bits per heavy atom. The van der Waals surface area contributed by atoms with E-state index in [-0.39, 0.29) is 11.5 Å². The maximum atomic E-state index is 13.0. The second kappa shape index (κ2) is 5.45. The van der Waals surface area contributed by atoms with E-state index < -0.39 is 5.97 Å². The highest BCUT2D eigenvalue weighted by Crippen LogP contribution is 2.31. The van der Waals surface area contributed by atoms with Crippen molar-refractivity contribution in [1.29, 1.82) is 0 Å². The van der Waals surface area contributed by atoms with Crippen molar-refractivity contribution in [1.82, 2.24) is 9.97 Å². The quantitative estimate of drug-likeness (QED) is 0.774. The van der Waals surface area contributed by atoms with Gasteiger partial charge in [-0.3, -0.25) is 4.98 Å². The second-order valence-electron chi connectivity index (χ2n) is 4.35. The molecule has 0 amide bonds. The molecular weight excluding hydrogens is 293 g/mol. The third-order valence-electron chi connectivity index (χ3n) is 2.88. The van der Waals surface area contributed by atoms with E-state index >= 15 is 0 Å². The number of pyridine rings is 2. The highest BCUT2D eigenvalue weighted by atomic mass is 32.1. The number of fused-ring (bicyclic) bond motifs is 1. The zero-order valence-electron chi connectivity index (χ0n) is 10.7. The largest absolute Gasteiger partial charge is 0.476 e. The molecule has 3 aromatic heterocycles. The average molecular weight is 303 g/mol. The van der Waals surface area contributed by atoms with Crippen LogP contribution in [0.15, 0.2) is 36.8 Å². The molecule has 0 radical (unpaired) electrons. The molecule has 106 valence electrons. The fraction of sp³-hybridized carbons (Fsp3) is 0.0714. The van der Waals surface area contributed by atoms with Gasteiger partial charge in [0.1, 0.15) is 5.82 Å². The van der Waals surface area contributed by atoms with Gasteiger partial charge in [-0.1, -0.05) is 0 Å². The van der Waals surface area contributed by atoms with Gasteiger partial charge in [0, 0.05) is 29.0 Å². The van der Waals surface area contributed by atoms with E-state index in [9.17, 15) is 9.18 Å². The molecule has 3 aromatic rings. The van der Waals surface area contributed by atoms with E-state index in [0.717, 1.165) is 15.9 Å². The number of nitrogens with one attached hydrogen (secondary N) is 1. The van der Waals surface area contributed by atoms with Crippen LogP contribution in [0, 0.1) is 5.82 Å². The third-order valence-corrected chi connectivity index (χ3v) is 3.93. The summed E-state index contributed by atoms with van der Waals surface area (Å²) < 4.78 is 13.9. The molecule has 2 N–H and O–H groups in total. The van der Waals surface area contributed by atoms with Crippen LogP contribution in [0.1, 0.15) is 16.1 Å². The summed E-state index contributed by atoms with van der Waals surface area (Å²) in [4.78, 5) is 18.8. The molecule has 3 heterocycles. The van der Waals surface area contributed by atoms with Crippen molar-refractivity contribution in [2.45, 2.75) is 6.54 Å². The number of halogens is 1. The number of anilines is 1. The van der Waals surface area contributed by atoms with E-state index in [1.807, 2.05) is 0 Å². The van der Waals surface area contributed by atoms with Crippen molar-refractivity contribution in [3.8, 4) is 0 Å². The molecule has 0 unspecified atom stereocenters. The van der Waals surface area contributed by atoms with Crippen LogP contribution in [0.4, 0.5) is 9.39 Å². The molecule has 21 heavy (non-hydrogen) atoms.